The van der Waals surface area contributed by atoms with Gasteiger partial charge in [-0.15, -0.1) is 0 Å². The topological polar surface area (TPSA) is 66.4 Å². The number of hydrogen-bond donors (Lipinski definition) is 2. The standard InChI is InChI=1S/C15H14FNO.C2H4O2/c1-10-5-3-6-12(9-10)17-15(18)13-7-4-8-14(16)11(13)2;1-2(3)4/h3-9H,1-2H3,(H,17,18);1H3,(H,3,4). The van der Waals surface area contributed by atoms with Crippen molar-refractivity contribution in [2.45, 2.75) is 20.8 Å². The van der Waals surface area contributed by atoms with E-state index in [0.717, 1.165) is 12.5 Å². The molecule has 0 bridgehead atoms. The Kier molecular flexibility index (Phi) is 6.25. The molecule has 0 spiro atoms. The first-order valence-electron chi connectivity index (χ1n) is 6.64. The molecule has 4 nitrogen and oxygen atoms in total. The lowest BCUT2D eigenvalue weighted by Crippen LogP contribution is -2.14. The van der Waals surface area contributed by atoms with Crippen LogP contribution >= 0.6 is 0 Å². The van der Waals surface area contributed by atoms with E-state index in [4.69, 9.17) is 9.90 Å². The van der Waals surface area contributed by atoms with Crippen LogP contribution in [0.25, 0.3) is 0 Å². The van der Waals surface area contributed by atoms with Crippen molar-refractivity contribution < 1.29 is 19.1 Å². The van der Waals surface area contributed by atoms with Crippen molar-refractivity contribution in [1.29, 1.82) is 0 Å². The highest BCUT2D eigenvalue weighted by Gasteiger charge is 2.11. The van der Waals surface area contributed by atoms with E-state index < -0.39 is 5.97 Å². The van der Waals surface area contributed by atoms with Crippen LogP contribution in [-0.4, -0.2) is 17.0 Å². The second-order valence-electron chi connectivity index (χ2n) is 4.76. The summed E-state index contributed by atoms with van der Waals surface area (Å²) in [6.07, 6.45) is 0. The van der Waals surface area contributed by atoms with Crippen LogP contribution in [0, 0.1) is 19.7 Å². The van der Waals surface area contributed by atoms with Crippen molar-refractivity contribution in [3.63, 3.8) is 0 Å². The zero-order chi connectivity index (χ0) is 16.7. The first-order valence-corrected chi connectivity index (χ1v) is 6.64. The normalized spacial score (nSPS) is 9.45. The predicted molar refractivity (Wildman–Crippen MR) is 83.6 cm³/mol. The van der Waals surface area contributed by atoms with Gasteiger partial charge in [0, 0.05) is 18.2 Å². The molecular formula is C17H18FNO3. The summed E-state index contributed by atoms with van der Waals surface area (Å²) in [4.78, 5) is 21.0. The number of benzene rings is 2. The van der Waals surface area contributed by atoms with Gasteiger partial charge in [-0.3, -0.25) is 9.59 Å². The molecule has 1 amide bonds. The molecule has 0 aliphatic carbocycles. The molecule has 0 aromatic heterocycles. The minimum absolute atomic E-state index is 0.294. The molecule has 0 unspecified atom stereocenters. The Bertz CT molecular complexity index is 679. The molecular weight excluding hydrogens is 285 g/mol. The lowest BCUT2D eigenvalue weighted by atomic mass is 10.1. The number of aliphatic carboxylic acids is 1. The van der Waals surface area contributed by atoms with E-state index in [1.165, 1.54) is 12.1 Å². The van der Waals surface area contributed by atoms with Gasteiger partial charge in [-0.1, -0.05) is 18.2 Å². The number of aryl methyl sites for hydroxylation is 1. The summed E-state index contributed by atoms with van der Waals surface area (Å²) in [6.45, 7) is 4.63. The number of halogens is 1. The minimum atomic E-state index is -0.833. The van der Waals surface area contributed by atoms with E-state index >= 15 is 0 Å². The Morgan fingerprint density at radius 3 is 2.27 bits per heavy atom. The molecule has 0 radical (unpaired) electrons. The van der Waals surface area contributed by atoms with Gasteiger partial charge in [-0.25, -0.2) is 4.39 Å². The van der Waals surface area contributed by atoms with Gasteiger partial charge < -0.3 is 10.4 Å². The summed E-state index contributed by atoms with van der Waals surface area (Å²) in [5.41, 5.74) is 2.49. The molecule has 0 fully saturated rings. The highest BCUT2D eigenvalue weighted by atomic mass is 19.1. The first-order chi connectivity index (χ1) is 10.3. The predicted octanol–water partition coefficient (Wildman–Crippen LogP) is 3.79. The van der Waals surface area contributed by atoms with Gasteiger partial charge in [0.2, 0.25) is 0 Å². The van der Waals surface area contributed by atoms with Crippen LogP contribution in [-0.2, 0) is 4.79 Å². The highest BCUT2D eigenvalue weighted by Crippen LogP contribution is 2.15. The fraction of sp³-hybridized carbons (Fsp3) is 0.176. The van der Waals surface area contributed by atoms with Gasteiger partial charge in [0.25, 0.3) is 11.9 Å². The second kappa shape index (κ2) is 7.93. The molecule has 2 aromatic carbocycles. The zero-order valence-electron chi connectivity index (χ0n) is 12.7. The van der Waals surface area contributed by atoms with E-state index in [-0.39, 0.29) is 11.7 Å². The molecule has 2 N–H and O–H groups in total. The molecule has 0 saturated heterocycles. The van der Waals surface area contributed by atoms with Gasteiger partial charge >= 0.3 is 0 Å². The van der Waals surface area contributed by atoms with E-state index in [1.807, 2.05) is 25.1 Å². The van der Waals surface area contributed by atoms with Gasteiger partial charge in [0.05, 0.1) is 0 Å². The average Bonchev–Trinajstić information content (AvgIpc) is 2.41. The third-order valence-electron chi connectivity index (χ3n) is 2.79. The van der Waals surface area contributed by atoms with Crippen LogP contribution in [0.1, 0.15) is 28.4 Å². The van der Waals surface area contributed by atoms with Crippen molar-refractivity contribution in [2.75, 3.05) is 5.32 Å². The maximum absolute atomic E-state index is 13.4. The molecule has 2 rings (SSSR count). The molecule has 2 aromatic rings. The van der Waals surface area contributed by atoms with Crippen LogP contribution in [0.4, 0.5) is 10.1 Å². The van der Waals surface area contributed by atoms with Crippen LogP contribution < -0.4 is 5.32 Å². The number of anilines is 1. The average molecular weight is 303 g/mol. The molecule has 116 valence electrons. The lowest BCUT2D eigenvalue weighted by molar-refractivity contribution is -0.134. The molecule has 0 saturated carbocycles. The SMILES string of the molecule is CC(=O)O.Cc1cccc(NC(=O)c2cccc(F)c2C)c1. The van der Waals surface area contributed by atoms with E-state index in [2.05, 4.69) is 5.32 Å². The summed E-state index contributed by atoms with van der Waals surface area (Å²) in [7, 11) is 0. The number of nitrogens with one attached hydrogen (secondary N) is 1. The third-order valence-corrected chi connectivity index (χ3v) is 2.79. The van der Waals surface area contributed by atoms with E-state index in [9.17, 15) is 9.18 Å². The van der Waals surface area contributed by atoms with Crippen molar-refractivity contribution in [3.05, 3.63) is 65.0 Å². The summed E-state index contributed by atoms with van der Waals surface area (Å²) < 4.78 is 13.4. The number of amides is 1. The van der Waals surface area contributed by atoms with Crippen molar-refractivity contribution in [3.8, 4) is 0 Å². The Balaban J connectivity index is 0.000000541. The maximum Gasteiger partial charge on any atom is 0.300 e. The van der Waals surface area contributed by atoms with Crippen LogP contribution in [0.5, 0.6) is 0 Å². The fourth-order valence-corrected chi connectivity index (χ4v) is 1.77. The Labute approximate surface area is 128 Å². The third kappa shape index (κ3) is 5.36. The molecule has 0 aliphatic heterocycles. The smallest absolute Gasteiger partial charge is 0.300 e. The molecule has 5 heteroatoms. The van der Waals surface area contributed by atoms with Gasteiger partial charge in [-0.05, 0) is 49.2 Å². The van der Waals surface area contributed by atoms with E-state index in [0.29, 0.717) is 16.8 Å². The number of rotatable bonds is 2. The largest absolute Gasteiger partial charge is 0.481 e. The molecule has 0 heterocycles. The minimum Gasteiger partial charge on any atom is -0.481 e. The summed E-state index contributed by atoms with van der Waals surface area (Å²) in [5.74, 6) is -1.50. The van der Waals surface area contributed by atoms with Crippen molar-refractivity contribution in [2.24, 2.45) is 0 Å². The van der Waals surface area contributed by atoms with Gasteiger partial charge in [-0.2, -0.15) is 0 Å². The number of carboxylic acids is 1. The fourth-order valence-electron chi connectivity index (χ4n) is 1.77. The first kappa shape index (κ1) is 17.4. The van der Waals surface area contributed by atoms with E-state index in [1.54, 1.807) is 19.1 Å². The number of carbonyl (C=O) groups is 2. The van der Waals surface area contributed by atoms with Gasteiger partial charge in [0.15, 0.2) is 0 Å². The maximum atomic E-state index is 13.4. The Morgan fingerprint density at radius 2 is 1.68 bits per heavy atom. The van der Waals surface area contributed by atoms with Gasteiger partial charge in [0.1, 0.15) is 5.82 Å². The van der Waals surface area contributed by atoms with Crippen molar-refractivity contribution >= 4 is 17.6 Å². The number of carbonyl (C=O) groups excluding carboxylic acids is 1. The zero-order valence-corrected chi connectivity index (χ0v) is 12.7. The lowest BCUT2D eigenvalue weighted by Gasteiger charge is -2.08. The highest BCUT2D eigenvalue weighted by molar-refractivity contribution is 6.05. The number of hydrogen-bond acceptors (Lipinski definition) is 2. The van der Waals surface area contributed by atoms with Crippen LogP contribution in [0.3, 0.4) is 0 Å². The Morgan fingerprint density at radius 1 is 1.09 bits per heavy atom. The molecule has 0 aliphatic rings. The van der Waals surface area contributed by atoms with Crippen LogP contribution in [0.15, 0.2) is 42.5 Å². The monoisotopic (exact) mass is 303 g/mol. The quantitative estimate of drug-likeness (QED) is 0.887. The van der Waals surface area contributed by atoms with Crippen molar-refractivity contribution in [1.82, 2.24) is 0 Å². The summed E-state index contributed by atoms with van der Waals surface area (Å²) >= 11 is 0. The second-order valence-corrected chi connectivity index (χ2v) is 4.76. The van der Waals surface area contributed by atoms with Crippen LogP contribution in [0.2, 0.25) is 0 Å². The Hall–Kier alpha value is -2.69. The summed E-state index contributed by atoms with van der Waals surface area (Å²) in [5, 5.41) is 10.2. The molecule has 22 heavy (non-hydrogen) atoms. The number of carboxylic acid groups (broad SMARTS) is 1. The summed E-state index contributed by atoms with van der Waals surface area (Å²) in [6, 6.07) is 12.0. The molecule has 0 atom stereocenters.